The number of aromatic nitrogens is 2. The first-order valence-corrected chi connectivity index (χ1v) is 7.44. The molecule has 2 N–H and O–H groups in total. The number of hydrogen-bond acceptors (Lipinski definition) is 4. The van der Waals surface area contributed by atoms with Crippen LogP contribution in [-0.2, 0) is 0 Å². The van der Waals surface area contributed by atoms with Gasteiger partial charge in [-0.05, 0) is 37.1 Å². The fourth-order valence-electron chi connectivity index (χ4n) is 1.69. The number of anilines is 3. The maximum Gasteiger partial charge on any atom is 0.224 e. The second kappa shape index (κ2) is 6.70. The van der Waals surface area contributed by atoms with Crippen LogP contribution in [0.4, 0.5) is 17.5 Å². The molecule has 0 amide bonds. The Kier molecular flexibility index (Phi) is 4.95. The van der Waals surface area contributed by atoms with Gasteiger partial charge < -0.3 is 10.6 Å². The van der Waals surface area contributed by atoms with Crippen molar-refractivity contribution in [2.75, 3.05) is 17.2 Å². The molecule has 20 heavy (non-hydrogen) atoms. The summed E-state index contributed by atoms with van der Waals surface area (Å²) in [4.78, 5) is 8.87. The Labute approximate surface area is 128 Å². The van der Waals surface area contributed by atoms with E-state index in [1.165, 1.54) is 0 Å². The van der Waals surface area contributed by atoms with Crippen molar-refractivity contribution in [2.45, 2.75) is 20.8 Å². The molecule has 4 nitrogen and oxygen atoms in total. The van der Waals surface area contributed by atoms with Gasteiger partial charge in [-0.1, -0.05) is 29.8 Å². The van der Waals surface area contributed by atoms with Crippen molar-refractivity contribution in [3.63, 3.8) is 0 Å². The van der Waals surface area contributed by atoms with Crippen molar-refractivity contribution in [1.82, 2.24) is 9.97 Å². The summed E-state index contributed by atoms with van der Waals surface area (Å²) < 4.78 is 1.06. The second-order valence-corrected chi connectivity index (χ2v) is 6.04. The summed E-state index contributed by atoms with van der Waals surface area (Å²) >= 11 is 3.42. The van der Waals surface area contributed by atoms with Crippen LogP contribution in [-0.4, -0.2) is 16.5 Å². The van der Waals surface area contributed by atoms with Crippen molar-refractivity contribution in [2.24, 2.45) is 5.92 Å². The van der Waals surface area contributed by atoms with E-state index in [1.807, 2.05) is 37.3 Å². The molecule has 0 aliphatic heterocycles. The Morgan fingerprint density at radius 2 is 1.85 bits per heavy atom. The lowest BCUT2D eigenvalue weighted by Crippen LogP contribution is -2.11. The van der Waals surface area contributed by atoms with Crippen LogP contribution in [0.15, 0.2) is 34.8 Å². The molecule has 1 aromatic heterocycles. The smallest absolute Gasteiger partial charge is 0.224 e. The van der Waals surface area contributed by atoms with Crippen molar-refractivity contribution >= 4 is 33.4 Å². The molecular weight excluding hydrogens is 316 g/mol. The molecule has 0 fully saturated rings. The monoisotopic (exact) mass is 334 g/mol. The van der Waals surface area contributed by atoms with Crippen LogP contribution in [0.3, 0.4) is 0 Å². The van der Waals surface area contributed by atoms with Gasteiger partial charge in [-0.2, -0.15) is 4.98 Å². The average Bonchev–Trinajstić information content (AvgIpc) is 2.38. The van der Waals surface area contributed by atoms with Crippen LogP contribution in [0.25, 0.3) is 0 Å². The summed E-state index contributed by atoms with van der Waals surface area (Å²) in [5.41, 5.74) is 1.94. The summed E-state index contributed by atoms with van der Waals surface area (Å²) in [6.07, 6.45) is 0. The summed E-state index contributed by atoms with van der Waals surface area (Å²) in [5.74, 6) is 2.02. The molecular formula is C15H19BrN4. The van der Waals surface area contributed by atoms with Crippen LogP contribution >= 0.6 is 15.9 Å². The van der Waals surface area contributed by atoms with Gasteiger partial charge in [-0.3, -0.25) is 0 Å². The highest BCUT2D eigenvalue weighted by Crippen LogP contribution is 2.19. The molecule has 2 rings (SSSR count). The molecule has 106 valence electrons. The standard InChI is InChI=1S/C15H19BrN4/c1-10(2)9-17-15-18-11(3)8-14(20-15)19-13-6-4-12(16)5-7-13/h4-8,10H,9H2,1-3H3,(H2,17,18,19,20). The first kappa shape index (κ1) is 14.8. The van der Waals surface area contributed by atoms with Crippen molar-refractivity contribution < 1.29 is 0 Å². The van der Waals surface area contributed by atoms with E-state index < -0.39 is 0 Å². The van der Waals surface area contributed by atoms with E-state index in [0.29, 0.717) is 11.9 Å². The van der Waals surface area contributed by atoms with Gasteiger partial charge in [0.2, 0.25) is 5.95 Å². The number of hydrogen-bond donors (Lipinski definition) is 2. The number of halogens is 1. The highest BCUT2D eigenvalue weighted by molar-refractivity contribution is 9.10. The van der Waals surface area contributed by atoms with Gasteiger partial charge in [-0.25, -0.2) is 4.98 Å². The molecule has 1 heterocycles. The lowest BCUT2D eigenvalue weighted by molar-refractivity contribution is 0.684. The predicted molar refractivity (Wildman–Crippen MR) is 87.5 cm³/mol. The molecule has 0 saturated carbocycles. The number of benzene rings is 1. The molecule has 0 spiro atoms. The maximum absolute atomic E-state index is 4.48. The minimum atomic E-state index is 0.557. The minimum absolute atomic E-state index is 0.557. The average molecular weight is 335 g/mol. The predicted octanol–water partition coefficient (Wildman–Crippen LogP) is 4.36. The topological polar surface area (TPSA) is 49.8 Å². The number of nitrogens with zero attached hydrogens (tertiary/aromatic N) is 2. The maximum atomic E-state index is 4.48. The summed E-state index contributed by atoms with van der Waals surface area (Å²) in [7, 11) is 0. The molecule has 2 aromatic rings. The van der Waals surface area contributed by atoms with Crippen LogP contribution in [0, 0.1) is 12.8 Å². The normalized spacial score (nSPS) is 10.7. The Bertz CT molecular complexity index is 567. The highest BCUT2D eigenvalue weighted by Gasteiger charge is 2.03. The fraction of sp³-hybridized carbons (Fsp3) is 0.333. The summed E-state index contributed by atoms with van der Waals surface area (Å²) in [6, 6.07) is 9.93. The summed E-state index contributed by atoms with van der Waals surface area (Å²) in [5, 5.41) is 6.54. The van der Waals surface area contributed by atoms with Gasteiger partial charge in [0.1, 0.15) is 5.82 Å². The Morgan fingerprint density at radius 1 is 1.15 bits per heavy atom. The van der Waals surface area contributed by atoms with E-state index in [4.69, 9.17) is 0 Å². The summed E-state index contributed by atoms with van der Waals surface area (Å²) in [6.45, 7) is 7.14. The van der Waals surface area contributed by atoms with Crippen molar-refractivity contribution in [3.05, 3.63) is 40.5 Å². The van der Waals surface area contributed by atoms with Crippen LogP contribution in [0.2, 0.25) is 0 Å². The fourth-order valence-corrected chi connectivity index (χ4v) is 1.95. The zero-order valence-corrected chi connectivity index (χ0v) is 13.5. The van der Waals surface area contributed by atoms with Gasteiger partial charge in [0.15, 0.2) is 0 Å². The molecule has 0 atom stereocenters. The van der Waals surface area contributed by atoms with Crippen LogP contribution in [0.1, 0.15) is 19.5 Å². The molecule has 1 aromatic carbocycles. The minimum Gasteiger partial charge on any atom is -0.354 e. The lowest BCUT2D eigenvalue weighted by Gasteiger charge is -2.11. The molecule has 0 aliphatic rings. The second-order valence-electron chi connectivity index (χ2n) is 5.12. The van der Waals surface area contributed by atoms with Crippen molar-refractivity contribution in [1.29, 1.82) is 0 Å². The molecule has 0 saturated heterocycles. The van der Waals surface area contributed by atoms with Gasteiger partial charge in [0, 0.05) is 28.5 Å². The SMILES string of the molecule is Cc1cc(Nc2ccc(Br)cc2)nc(NCC(C)C)n1. The quantitative estimate of drug-likeness (QED) is 0.852. The lowest BCUT2D eigenvalue weighted by atomic mass is 10.2. The molecule has 0 unspecified atom stereocenters. The third-order valence-electron chi connectivity index (χ3n) is 2.64. The van der Waals surface area contributed by atoms with E-state index in [-0.39, 0.29) is 0 Å². The zero-order valence-electron chi connectivity index (χ0n) is 11.9. The zero-order chi connectivity index (χ0) is 14.5. The van der Waals surface area contributed by atoms with Gasteiger partial charge in [0.05, 0.1) is 0 Å². The van der Waals surface area contributed by atoms with Crippen molar-refractivity contribution in [3.8, 4) is 0 Å². The third kappa shape index (κ3) is 4.49. The molecule has 0 radical (unpaired) electrons. The number of aryl methyl sites for hydroxylation is 1. The Hall–Kier alpha value is -1.62. The molecule has 0 aliphatic carbocycles. The number of nitrogens with one attached hydrogen (secondary N) is 2. The van der Waals surface area contributed by atoms with E-state index in [2.05, 4.69) is 50.4 Å². The Morgan fingerprint density at radius 3 is 2.50 bits per heavy atom. The Balaban J connectivity index is 2.13. The van der Waals surface area contributed by atoms with Gasteiger partial charge in [0.25, 0.3) is 0 Å². The van der Waals surface area contributed by atoms with Crippen LogP contribution < -0.4 is 10.6 Å². The molecule has 5 heteroatoms. The molecule has 0 bridgehead atoms. The number of rotatable bonds is 5. The van der Waals surface area contributed by atoms with Crippen LogP contribution in [0.5, 0.6) is 0 Å². The van der Waals surface area contributed by atoms with Gasteiger partial charge >= 0.3 is 0 Å². The largest absolute Gasteiger partial charge is 0.354 e. The first-order valence-electron chi connectivity index (χ1n) is 6.65. The highest BCUT2D eigenvalue weighted by atomic mass is 79.9. The van der Waals surface area contributed by atoms with Gasteiger partial charge in [-0.15, -0.1) is 0 Å². The van der Waals surface area contributed by atoms with E-state index >= 15 is 0 Å². The van der Waals surface area contributed by atoms with E-state index in [0.717, 1.165) is 28.2 Å². The van der Waals surface area contributed by atoms with E-state index in [9.17, 15) is 0 Å². The van der Waals surface area contributed by atoms with E-state index in [1.54, 1.807) is 0 Å². The first-order chi connectivity index (χ1) is 9.52. The third-order valence-corrected chi connectivity index (χ3v) is 3.17.